The molecular weight excluding hydrogens is 582 g/mol. The normalized spacial score (nSPS) is 21.6. The topological polar surface area (TPSA) is 128 Å². The van der Waals surface area contributed by atoms with Crippen molar-refractivity contribution in [3.05, 3.63) is 17.5 Å². The zero-order valence-corrected chi connectivity index (χ0v) is 21.7. The SMILES string of the molecule is Cn1cc(C(=O)N2C[C@@H]3OCCN(CCN4CCCC4)[C@@H]3C2)c(C(F)F)n1.O=C(O)C(F)(F)F.O=C(O)C(F)(F)F. The zero-order chi connectivity index (χ0) is 31.1. The lowest BCUT2D eigenvalue weighted by molar-refractivity contribution is -0.193. The maximum absolute atomic E-state index is 13.2. The van der Waals surface area contributed by atoms with E-state index < -0.39 is 36.4 Å². The van der Waals surface area contributed by atoms with Crippen LogP contribution >= 0.6 is 0 Å². The van der Waals surface area contributed by atoms with Gasteiger partial charge in [0.05, 0.1) is 24.3 Å². The third-order valence-electron chi connectivity index (χ3n) is 6.39. The summed E-state index contributed by atoms with van der Waals surface area (Å²) in [5, 5.41) is 18.0. The molecule has 0 radical (unpaired) electrons. The molecule has 0 unspecified atom stereocenters. The standard InChI is InChI=1S/C18H27F2N5O2.2C2HF3O2/c1-22-10-13(16(21-22)17(19)20)18(26)25-11-14-15(12-25)27-9-8-24(14)7-6-23-4-2-3-5-23;2*3-2(4,5)1(6)7/h10,14-15,17H,2-9,11-12H2,1H3;2*(H,6,7)/t14-,15+;;/m1../s1. The number of ether oxygens (including phenoxy) is 1. The largest absolute Gasteiger partial charge is 0.490 e. The minimum Gasteiger partial charge on any atom is -0.475 e. The smallest absolute Gasteiger partial charge is 0.475 e. The number of hydrogen-bond donors (Lipinski definition) is 2. The highest BCUT2D eigenvalue weighted by Gasteiger charge is 2.43. The van der Waals surface area contributed by atoms with Gasteiger partial charge in [0.15, 0.2) is 0 Å². The van der Waals surface area contributed by atoms with Crippen LogP contribution in [-0.4, -0.2) is 129 Å². The predicted molar refractivity (Wildman–Crippen MR) is 122 cm³/mol. The Kier molecular flexibility index (Phi) is 11.8. The number of aromatic nitrogens is 2. The van der Waals surface area contributed by atoms with Crippen LogP contribution in [-0.2, 0) is 21.4 Å². The molecule has 1 aromatic rings. The number of amides is 1. The summed E-state index contributed by atoms with van der Waals surface area (Å²) < 4.78 is 97.1. The van der Waals surface area contributed by atoms with Crippen molar-refractivity contribution in [2.75, 3.05) is 52.4 Å². The van der Waals surface area contributed by atoms with Crippen molar-refractivity contribution in [3.63, 3.8) is 0 Å². The average molecular weight is 611 g/mol. The van der Waals surface area contributed by atoms with Crippen LogP contribution in [0.3, 0.4) is 0 Å². The number of carbonyl (C=O) groups is 3. The molecule has 3 fully saturated rings. The second-order valence-electron chi connectivity index (χ2n) is 9.28. The van der Waals surface area contributed by atoms with E-state index in [1.165, 1.54) is 36.8 Å². The summed E-state index contributed by atoms with van der Waals surface area (Å²) in [6, 6.07) is 0.136. The summed E-state index contributed by atoms with van der Waals surface area (Å²) >= 11 is 0. The lowest BCUT2D eigenvalue weighted by atomic mass is 10.1. The number of carboxylic acid groups (broad SMARTS) is 2. The van der Waals surface area contributed by atoms with Gasteiger partial charge < -0.3 is 24.7 Å². The minimum absolute atomic E-state index is 0.00485. The quantitative estimate of drug-likeness (QED) is 0.482. The van der Waals surface area contributed by atoms with E-state index in [9.17, 15) is 39.9 Å². The summed E-state index contributed by atoms with van der Waals surface area (Å²) in [6.45, 7) is 6.80. The van der Waals surface area contributed by atoms with Crippen LogP contribution in [0.1, 0.15) is 35.3 Å². The number of morpholine rings is 1. The molecule has 1 amide bonds. The molecule has 4 heterocycles. The van der Waals surface area contributed by atoms with Gasteiger partial charge in [0, 0.05) is 46.0 Å². The molecule has 3 aliphatic heterocycles. The molecule has 11 nitrogen and oxygen atoms in total. The van der Waals surface area contributed by atoms with Gasteiger partial charge in [-0.25, -0.2) is 18.4 Å². The number of nitrogens with zero attached hydrogens (tertiary/aromatic N) is 5. The van der Waals surface area contributed by atoms with Crippen LogP contribution < -0.4 is 0 Å². The number of fused-ring (bicyclic) bond motifs is 1. The van der Waals surface area contributed by atoms with Crippen molar-refractivity contribution >= 4 is 17.8 Å². The highest BCUT2D eigenvalue weighted by atomic mass is 19.4. The third-order valence-corrected chi connectivity index (χ3v) is 6.39. The minimum atomic E-state index is -5.08. The van der Waals surface area contributed by atoms with E-state index in [2.05, 4.69) is 14.9 Å². The third kappa shape index (κ3) is 10.1. The summed E-state index contributed by atoms with van der Waals surface area (Å²) in [5.41, 5.74) is -0.445. The first kappa shape index (κ1) is 34.1. The number of likely N-dealkylation sites (tertiary alicyclic amines) is 2. The lowest BCUT2D eigenvalue weighted by Gasteiger charge is -2.37. The van der Waals surface area contributed by atoms with Crippen molar-refractivity contribution in [1.82, 2.24) is 24.5 Å². The van der Waals surface area contributed by atoms with Gasteiger partial charge in [0.1, 0.15) is 5.69 Å². The van der Waals surface area contributed by atoms with E-state index in [0.29, 0.717) is 19.7 Å². The second kappa shape index (κ2) is 14.2. The number of carboxylic acids is 2. The molecule has 0 bridgehead atoms. The van der Waals surface area contributed by atoms with E-state index >= 15 is 0 Å². The molecule has 2 N–H and O–H groups in total. The van der Waals surface area contributed by atoms with Gasteiger partial charge in [-0.1, -0.05) is 0 Å². The highest BCUT2D eigenvalue weighted by Crippen LogP contribution is 2.27. The fourth-order valence-corrected chi connectivity index (χ4v) is 4.48. The first-order chi connectivity index (χ1) is 18.9. The number of rotatable bonds is 5. The van der Waals surface area contributed by atoms with Crippen LogP contribution in [0.4, 0.5) is 35.1 Å². The second-order valence-corrected chi connectivity index (χ2v) is 9.28. The van der Waals surface area contributed by atoms with E-state index in [-0.39, 0.29) is 23.6 Å². The maximum atomic E-state index is 13.2. The summed E-state index contributed by atoms with van der Waals surface area (Å²) in [5.74, 6) is -5.89. The van der Waals surface area contributed by atoms with Gasteiger partial charge >= 0.3 is 24.3 Å². The molecule has 0 saturated carbocycles. The number of aliphatic carboxylic acids is 2. The first-order valence-corrected chi connectivity index (χ1v) is 12.2. The van der Waals surface area contributed by atoms with Gasteiger partial charge in [-0.15, -0.1) is 0 Å². The monoisotopic (exact) mass is 611 g/mol. The van der Waals surface area contributed by atoms with Crippen molar-refractivity contribution < 1.29 is 64.5 Å². The first-order valence-electron chi connectivity index (χ1n) is 12.2. The van der Waals surface area contributed by atoms with Crippen molar-refractivity contribution in [3.8, 4) is 0 Å². The van der Waals surface area contributed by atoms with Crippen LogP contribution in [0.15, 0.2) is 6.20 Å². The Morgan fingerprint density at radius 1 is 0.976 bits per heavy atom. The van der Waals surface area contributed by atoms with Crippen LogP contribution in [0.25, 0.3) is 0 Å². The summed E-state index contributed by atoms with van der Waals surface area (Å²) in [4.78, 5) is 37.2. The molecule has 41 heavy (non-hydrogen) atoms. The summed E-state index contributed by atoms with van der Waals surface area (Å²) in [7, 11) is 1.55. The van der Waals surface area contributed by atoms with Crippen molar-refractivity contribution in [2.45, 2.75) is 43.8 Å². The number of alkyl halides is 8. The van der Waals surface area contributed by atoms with Crippen LogP contribution in [0.2, 0.25) is 0 Å². The molecule has 234 valence electrons. The van der Waals surface area contributed by atoms with Crippen LogP contribution in [0.5, 0.6) is 0 Å². The van der Waals surface area contributed by atoms with Crippen molar-refractivity contribution in [2.24, 2.45) is 7.05 Å². The van der Waals surface area contributed by atoms with Gasteiger partial charge in [-0.2, -0.15) is 31.4 Å². The molecule has 0 aliphatic carbocycles. The number of aryl methyl sites for hydroxylation is 1. The molecule has 0 spiro atoms. The van der Waals surface area contributed by atoms with E-state index in [0.717, 1.165) is 19.6 Å². The van der Waals surface area contributed by atoms with Crippen LogP contribution in [0, 0.1) is 0 Å². The Balaban J connectivity index is 0.000000349. The van der Waals surface area contributed by atoms with Gasteiger partial charge in [0.2, 0.25) is 0 Å². The Labute approximate surface area is 228 Å². The predicted octanol–water partition coefficient (Wildman–Crippen LogP) is 2.25. The molecule has 3 aliphatic rings. The average Bonchev–Trinajstić information content (AvgIpc) is 3.61. The Bertz CT molecular complexity index is 1020. The van der Waals surface area contributed by atoms with E-state index in [1.54, 1.807) is 11.9 Å². The molecule has 4 rings (SSSR count). The number of hydrogen-bond acceptors (Lipinski definition) is 7. The zero-order valence-electron chi connectivity index (χ0n) is 21.7. The molecule has 19 heteroatoms. The number of halogens is 8. The van der Waals surface area contributed by atoms with Gasteiger partial charge in [0.25, 0.3) is 12.3 Å². The van der Waals surface area contributed by atoms with E-state index in [4.69, 9.17) is 24.5 Å². The highest BCUT2D eigenvalue weighted by molar-refractivity contribution is 5.95. The Hall–Kier alpha value is -3.06. The molecule has 2 atom stereocenters. The maximum Gasteiger partial charge on any atom is 0.490 e. The Morgan fingerprint density at radius 2 is 1.51 bits per heavy atom. The Morgan fingerprint density at radius 3 is 2.00 bits per heavy atom. The van der Waals surface area contributed by atoms with Crippen molar-refractivity contribution in [1.29, 1.82) is 0 Å². The summed E-state index contributed by atoms with van der Waals surface area (Å²) in [6.07, 6.45) is -9.04. The number of carbonyl (C=O) groups excluding carboxylic acids is 1. The molecule has 0 aromatic carbocycles. The van der Waals surface area contributed by atoms with Gasteiger partial charge in [-0.05, 0) is 25.9 Å². The molecule has 1 aromatic heterocycles. The van der Waals surface area contributed by atoms with Gasteiger partial charge in [-0.3, -0.25) is 14.4 Å². The molecular formula is C22H29F8N5O6. The lowest BCUT2D eigenvalue weighted by Crippen LogP contribution is -2.52. The van der Waals surface area contributed by atoms with E-state index in [1.807, 2.05) is 0 Å². The fraction of sp³-hybridized carbons (Fsp3) is 0.727. The fourth-order valence-electron chi connectivity index (χ4n) is 4.48. The molecule has 3 saturated heterocycles.